The van der Waals surface area contributed by atoms with Gasteiger partial charge in [0.05, 0.1) is 0 Å². The molecule has 0 atom stereocenters. The molecule has 0 amide bonds. The molecule has 62 valence electrons. The van der Waals surface area contributed by atoms with Crippen molar-refractivity contribution in [2.24, 2.45) is 5.92 Å². The molecule has 0 fully saturated rings. The van der Waals surface area contributed by atoms with Gasteiger partial charge in [0, 0.05) is 6.61 Å². The van der Waals surface area contributed by atoms with E-state index < -0.39 is 8.32 Å². The second-order valence-corrected chi connectivity index (χ2v) is 8.66. The highest BCUT2D eigenvalue weighted by Gasteiger charge is 2.13. The zero-order chi connectivity index (χ0) is 8.20. The first-order chi connectivity index (χ1) is 4.42. The van der Waals surface area contributed by atoms with Gasteiger partial charge in [-0.05, 0) is 32.0 Å². The molecule has 0 aromatic heterocycles. The lowest BCUT2D eigenvalue weighted by Gasteiger charge is -2.17. The fourth-order valence-corrected chi connectivity index (χ4v) is 1.33. The Bertz CT molecular complexity index is 83.7. The lowest BCUT2D eigenvalue weighted by Crippen LogP contribution is -2.26. The molecule has 0 saturated heterocycles. The predicted molar refractivity (Wildman–Crippen MR) is 48.8 cm³/mol. The summed E-state index contributed by atoms with van der Waals surface area (Å²) in [4.78, 5) is 0. The summed E-state index contributed by atoms with van der Waals surface area (Å²) in [5, 5.41) is 0. The third kappa shape index (κ3) is 8.18. The standard InChI is InChI=1S/C8H20OSi/c1-8(2)6-7-9-10(3,4)5/h8H,6-7H2,1-5H3. The van der Waals surface area contributed by atoms with Gasteiger partial charge in [-0.15, -0.1) is 0 Å². The molecule has 0 heterocycles. The van der Waals surface area contributed by atoms with Crippen LogP contribution in [-0.2, 0) is 4.43 Å². The van der Waals surface area contributed by atoms with Crippen molar-refractivity contribution in [3.8, 4) is 0 Å². The average molecular weight is 160 g/mol. The maximum absolute atomic E-state index is 5.68. The average Bonchev–Trinajstić information content (AvgIpc) is 1.59. The maximum Gasteiger partial charge on any atom is 0.183 e. The lowest BCUT2D eigenvalue weighted by atomic mass is 10.2. The van der Waals surface area contributed by atoms with Crippen LogP contribution in [0.3, 0.4) is 0 Å². The number of rotatable bonds is 4. The highest BCUT2D eigenvalue weighted by molar-refractivity contribution is 6.69. The second kappa shape index (κ2) is 4.14. The Balaban J connectivity index is 3.21. The molecule has 0 bridgehead atoms. The SMILES string of the molecule is CC(C)CCO[Si](C)(C)C. The Kier molecular flexibility index (Phi) is 4.21. The van der Waals surface area contributed by atoms with Gasteiger partial charge in [-0.3, -0.25) is 0 Å². The Hall–Kier alpha value is 0.177. The third-order valence-electron chi connectivity index (χ3n) is 1.23. The quantitative estimate of drug-likeness (QED) is 0.575. The van der Waals surface area contributed by atoms with E-state index in [0.717, 1.165) is 12.5 Å². The van der Waals surface area contributed by atoms with Gasteiger partial charge >= 0.3 is 0 Å². The molecule has 1 nitrogen and oxygen atoms in total. The molecular weight excluding hydrogens is 140 g/mol. The Labute approximate surface area is 65.9 Å². The zero-order valence-corrected chi connectivity index (χ0v) is 8.90. The van der Waals surface area contributed by atoms with Crippen LogP contribution < -0.4 is 0 Å². The zero-order valence-electron chi connectivity index (χ0n) is 7.90. The van der Waals surface area contributed by atoms with Gasteiger partial charge in [0.25, 0.3) is 0 Å². The van der Waals surface area contributed by atoms with Gasteiger partial charge in [0.2, 0.25) is 0 Å². The first kappa shape index (κ1) is 10.2. The van der Waals surface area contributed by atoms with Crippen LogP contribution in [0.2, 0.25) is 19.6 Å². The molecule has 0 aromatic rings. The maximum atomic E-state index is 5.68. The van der Waals surface area contributed by atoms with Crippen molar-refractivity contribution in [1.29, 1.82) is 0 Å². The smallest absolute Gasteiger partial charge is 0.183 e. The van der Waals surface area contributed by atoms with Crippen LogP contribution in [0.1, 0.15) is 20.3 Å². The number of hydrogen-bond acceptors (Lipinski definition) is 1. The van der Waals surface area contributed by atoms with Gasteiger partial charge in [0.15, 0.2) is 8.32 Å². The summed E-state index contributed by atoms with van der Waals surface area (Å²) in [5.41, 5.74) is 0. The van der Waals surface area contributed by atoms with Crippen molar-refractivity contribution in [3.63, 3.8) is 0 Å². The molecule has 0 N–H and O–H groups in total. The summed E-state index contributed by atoms with van der Waals surface area (Å²) >= 11 is 0. The van der Waals surface area contributed by atoms with Crippen molar-refractivity contribution in [2.45, 2.75) is 39.9 Å². The third-order valence-corrected chi connectivity index (χ3v) is 2.30. The van der Waals surface area contributed by atoms with Crippen LogP contribution in [0.15, 0.2) is 0 Å². The van der Waals surface area contributed by atoms with Crippen LogP contribution in [0.4, 0.5) is 0 Å². The Morgan fingerprint density at radius 1 is 1.20 bits per heavy atom. The van der Waals surface area contributed by atoms with Crippen LogP contribution in [0.25, 0.3) is 0 Å². The van der Waals surface area contributed by atoms with E-state index in [-0.39, 0.29) is 0 Å². The fraction of sp³-hybridized carbons (Fsp3) is 1.00. The van der Waals surface area contributed by atoms with Crippen molar-refractivity contribution in [2.75, 3.05) is 6.61 Å². The fourth-order valence-electron chi connectivity index (χ4n) is 0.601. The van der Waals surface area contributed by atoms with Crippen LogP contribution in [-0.4, -0.2) is 14.9 Å². The molecule has 0 spiro atoms. The van der Waals surface area contributed by atoms with Gasteiger partial charge < -0.3 is 4.43 Å². The number of hydrogen-bond donors (Lipinski definition) is 0. The molecule has 0 aliphatic rings. The Morgan fingerprint density at radius 2 is 1.70 bits per heavy atom. The molecule has 2 heteroatoms. The van der Waals surface area contributed by atoms with Gasteiger partial charge in [-0.2, -0.15) is 0 Å². The summed E-state index contributed by atoms with van der Waals surface area (Å²) in [7, 11) is -1.22. The summed E-state index contributed by atoms with van der Waals surface area (Å²) in [6.07, 6.45) is 1.20. The molecule has 0 rings (SSSR count). The predicted octanol–water partition coefficient (Wildman–Crippen LogP) is 2.88. The molecule has 0 unspecified atom stereocenters. The summed E-state index contributed by atoms with van der Waals surface area (Å²) in [6.45, 7) is 12.1. The van der Waals surface area contributed by atoms with E-state index in [1.165, 1.54) is 6.42 Å². The monoisotopic (exact) mass is 160 g/mol. The topological polar surface area (TPSA) is 9.23 Å². The summed E-state index contributed by atoms with van der Waals surface area (Å²) < 4.78 is 5.68. The molecule has 0 radical (unpaired) electrons. The molecule has 0 aromatic carbocycles. The highest BCUT2D eigenvalue weighted by Crippen LogP contribution is 2.06. The molecule has 0 saturated carbocycles. The van der Waals surface area contributed by atoms with E-state index in [0.29, 0.717) is 0 Å². The van der Waals surface area contributed by atoms with Crippen LogP contribution in [0.5, 0.6) is 0 Å². The first-order valence-electron chi connectivity index (χ1n) is 4.06. The largest absolute Gasteiger partial charge is 0.418 e. The highest BCUT2D eigenvalue weighted by atomic mass is 28.4. The minimum absolute atomic E-state index is 0.774. The second-order valence-electron chi connectivity index (χ2n) is 4.14. The van der Waals surface area contributed by atoms with E-state index >= 15 is 0 Å². The van der Waals surface area contributed by atoms with Crippen molar-refractivity contribution < 1.29 is 4.43 Å². The summed E-state index contributed by atoms with van der Waals surface area (Å²) in [6, 6.07) is 0. The van der Waals surface area contributed by atoms with E-state index in [9.17, 15) is 0 Å². The minimum atomic E-state index is -1.22. The lowest BCUT2D eigenvalue weighted by molar-refractivity contribution is 0.283. The minimum Gasteiger partial charge on any atom is -0.418 e. The van der Waals surface area contributed by atoms with Gasteiger partial charge in [-0.1, -0.05) is 13.8 Å². The van der Waals surface area contributed by atoms with Gasteiger partial charge in [0.1, 0.15) is 0 Å². The van der Waals surface area contributed by atoms with Crippen molar-refractivity contribution in [3.05, 3.63) is 0 Å². The van der Waals surface area contributed by atoms with Crippen LogP contribution >= 0.6 is 0 Å². The van der Waals surface area contributed by atoms with E-state index in [2.05, 4.69) is 33.5 Å². The van der Waals surface area contributed by atoms with E-state index in [1.54, 1.807) is 0 Å². The summed E-state index contributed by atoms with van der Waals surface area (Å²) in [5.74, 6) is 0.774. The first-order valence-corrected chi connectivity index (χ1v) is 7.46. The molecular formula is C8H20OSi. The Morgan fingerprint density at radius 3 is 2.00 bits per heavy atom. The molecule has 0 aliphatic carbocycles. The van der Waals surface area contributed by atoms with E-state index in [4.69, 9.17) is 4.43 Å². The van der Waals surface area contributed by atoms with Crippen molar-refractivity contribution >= 4 is 8.32 Å². The molecule has 0 aliphatic heterocycles. The molecule has 10 heavy (non-hydrogen) atoms. The van der Waals surface area contributed by atoms with Crippen molar-refractivity contribution in [1.82, 2.24) is 0 Å². The normalized spacial score (nSPS) is 12.6. The van der Waals surface area contributed by atoms with Gasteiger partial charge in [-0.25, -0.2) is 0 Å². The van der Waals surface area contributed by atoms with Crippen LogP contribution in [0, 0.1) is 5.92 Å². The van der Waals surface area contributed by atoms with E-state index in [1.807, 2.05) is 0 Å².